The summed E-state index contributed by atoms with van der Waals surface area (Å²) in [4.78, 5) is 2.25. The van der Waals surface area contributed by atoms with E-state index in [4.69, 9.17) is 5.26 Å². The lowest BCUT2D eigenvalue weighted by Crippen LogP contribution is -2.33. The maximum Gasteiger partial charge on any atom is 0.140 e. The van der Waals surface area contributed by atoms with Crippen LogP contribution in [0.5, 0.6) is 0 Å². The van der Waals surface area contributed by atoms with Crippen LogP contribution in [0.2, 0.25) is 0 Å². The van der Waals surface area contributed by atoms with E-state index in [1.807, 2.05) is 6.07 Å². The fourth-order valence-electron chi connectivity index (χ4n) is 1.51. The maximum absolute atomic E-state index is 13.1. The average Bonchev–Trinajstić information content (AvgIpc) is 2.35. The molecule has 1 N–H and O–H groups in total. The molecule has 3 nitrogen and oxygen atoms in total. The molecular weight excluding hydrogens is 229 g/mol. The second kappa shape index (κ2) is 7.10. The minimum atomic E-state index is -0.458. The molecule has 0 saturated carbocycles. The largest absolute Gasteiger partial charge is 0.311 e. The molecule has 0 atom stereocenters. The summed E-state index contributed by atoms with van der Waals surface area (Å²) in [5.41, 5.74) is 1.04. The van der Waals surface area contributed by atoms with Crippen molar-refractivity contribution in [2.75, 3.05) is 20.1 Å². The minimum Gasteiger partial charge on any atom is -0.311 e. The lowest BCUT2D eigenvalue weighted by molar-refractivity contribution is 0.273. The van der Waals surface area contributed by atoms with Crippen LogP contribution in [0, 0.1) is 17.1 Å². The van der Waals surface area contributed by atoms with Crippen LogP contribution in [0.25, 0.3) is 0 Å². The van der Waals surface area contributed by atoms with Gasteiger partial charge in [-0.15, -0.1) is 0 Å². The van der Waals surface area contributed by atoms with Gasteiger partial charge in [0.25, 0.3) is 0 Å². The molecular formula is C14H20FN3. The van der Waals surface area contributed by atoms with Crippen LogP contribution in [0.4, 0.5) is 4.39 Å². The van der Waals surface area contributed by atoms with Crippen LogP contribution in [0.1, 0.15) is 25.0 Å². The highest BCUT2D eigenvalue weighted by Gasteiger charge is 2.04. The molecule has 1 rings (SSSR count). The van der Waals surface area contributed by atoms with E-state index < -0.39 is 5.82 Å². The summed E-state index contributed by atoms with van der Waals surface area (Å²) in [7, 11) is 2.08. The van der Waals surface area contributed by atoms with Crippen molar-refractivity contribution in [2.45, 2.75) is 26.4 Å². The van der Waals surface area contributed by atoms with Crippen molar-refractivity contribution < 1.29 is 4.39 Å². The molecule has 0 bridgehead atoms. The average molecular weight is 249 g/mol. The Hall–Kier alpha value is -1.44. The number of nitrogens with zero attached hydrogens (tertiary/aromatic N) is 2. The fraction of sp³-hybridized carbons (Fsp3) is 0.500. The first-order valence-corrected chi connectivity index (χ1v) is 6.14. The standard InChI is InChI=1S/C14H20FN3/c1-11(2)18(3)7-6-17-10-12-4-5-14(15)13(8-12)9-16/h4-5,8,11,17H,6-7,10H2,1-3H3. The number of nitriles is 1. The molecule has 0 amide bonds. The highest BCUT2D eigenvalue weighted by molar-refractivity contribution is 5.34. The van der Waals surface area contributed by atoms with Gasteiger partial charge in [-0.25, -0.2) is 4.39 Å². The molecule has 98 valence electrons. The van der Waals surface area contributed by atoms with E-state index in [-0.39, 0.29) is 5.56 Å². The Morgan fingerprint density at radius 2 is 2.17 bits per heavy atom. The number of hydrogen-bond acceptors (Lipinski definition) is 3. The predicted molar refractivity (Wildman–Crippen MR) is 70.6 cm³/mol. The van der Waals surface area contributed by atoms with Crippen molar-refractivity contribution in [1.29, 1.82) is 5.26 Å². The maximum atomic E-state index is 13.1. The Morgan fingerprint density at radius 1 is 1.44 bits per heavy atom. The highest BCUT2D eigenvalue weighted by atomic mass is 19.1. The monoisotopic (exact) mass is 249 g/mol. The van der Waals surface area contributed by atoms with Crippen molar-refractivity contribution >= 4 is 0 Å². The van der Waals surface area contributed by atoms with Gasteiger partial charge in [0.05, 0.1) is 5.56 Å². The summed E-state index contributed by atoms with van der Waals surface area (Å²) in [6.07, 6.45) is 0. The lowest BCUT2D eigenvalue weighted by atomic mass is 10.1. The molecule has 0 aliphatic heterocycles. The Labute approximate surface area is 108 Å². The number of halogens is 1. The molecule has 0 aliphatic carbocycles. The van der Waals surface area contributed by atoms with E-state index in [9.17, 15) is 4.39 Å². The topological polar surface area (TPSA) is 39.1 Å². The SMILES string of the molecule is CC(C)N(C)CCNCc1ccc(F)c(C#N)c1. The lowest BCUT2D eigenvalue weighted by Gasteiger charge is -2.20. The van der Waals surface area contributed by atoms with Crippen LogP contribution in [-0.2, 0) is 6.54 Å². The van der Waals surface area contributed by atoms with Gasteiger partial charge in [0.1, 0.15) is 11.9 Å². The first-order chi connectivity index (χ1) is 8.54. The quantitative estimate of drug-likeness (QED) is 0.785. The summed E-state index contributed by atoms with van der Waals surface area (Å²) in [5.74, 6) is -0.458. The van der Waals surface area contributed by atoms with Crippen LogP contribution in [0.3, 0.4) is 0 Å². The van der Waals surface area contributed by atoms with E-state index >= 15 is 0 Å². The minimum absolute atomic E-state index is 0.105. The third-order valence-corrected chi connectivity index (χ3v) is 3.00. The van der Waals surface area contributed by atoms with E-state index in [2.05, 4.69) is 31.1 Å². The summed E-state index contributed by atoms with van der Waals surface area (Å²) in [6, 6.07) is 7.02. The van der Waals surface area contributed by atoms with Crippen LogP contribution >= 0.6 is 0 Å². The highest BCUT2D eigenvalue weighted by Crippen LogP contribution is 2.09. The first-order valence-electron chi connectivity index (χ1n) is 6.14. The molecule has 0 unspecified atom stereocenters. The van der Waals surface area contributed by atoms with Gasteiger partial charge in [0, 0.05) is 25.7 Å². The molecule has 0 fully saturated rings. The van der Waals surface area contributed by atoms with E-state index in [1.165, 1.54) is 6.07 Å². The third-order valence-electron chi connectivity index (χ3n) is 3.00. The van der Waals surface area contributed by atoms with Crippen molar-refractivity contribution in [3.8, 4) is 6.07 Å². The first kappa shape index (κ1) is 14.6. The van der Waals surface area contributed by atoms with Crippen molar-refractivity contribution in [2.24, 2.45) is 0 Å². The van der Waals surface area contributed by atoms with Gasteiger partial charge in [-0.3, -0.25) is 0 Å². The van der Waals surface area contributed by atoms with Crippen molar-refractivity contribution in [1.82, 2.24) is 10.2 Å². The predicted octanol–water partition coefficient (Wildman–Crippen LogP) is 2.13. The zero-order valence-electron chi connectivity index (χ0n) is 11.2. The molecule has 1 aromatic carbocycles. The molecule has 18 heavy (non-hydrogen) atoms. The van der Waals surface area contributed by atoms with Gasteiger partial charge in [-0.2, -0.15) is 5.26 Å². The second-order valence-corrected chi connectivity index (χ2v) is 4.68. The zero-order valence-corrected chi connectivity index (χ0v) is 11.2. The molecule has 0 aliphatic rings. The van der Waals surface area contributed by atoms with Gasteiger partial charge in [0.2, 0.25) is 0 Å². The zero-order chi connectivity index (χ0) is 13.5. The summed E-state index contributed by atoms with van der Waals surface area (Å²) in [5, 5.41) is 12.0. The Balaban J connectivity index is 2.38. The van der Waals surface area contributed by atoms with Crippen molar-refractivity contribution in [3.05, 3.63) is 35.1 Å². The van der Waals surface area contributed by atoms with Crippen LogP contribution < -0.4 is 5.32 Å². The molecule has 0 radical (unpaired) electrons. The molecule has 0 aromatic heterocycles. The van der Waals surface area contributed by atoms with Crippen molar-refractivity contribution in [3.63, 3.8) is 0 Å². The second-order valence-electron chi connectivity index (χ2n) is 4.68. The third kappa shape index (κ3) is 4.44. The molecule has 1 aromatic rings. The Morgan fingerprint density at radius 3 is 2.78 bits per heavy atom. The molecule has 4 heteroatoms. The summed E-state index contributed by atoms with van der Waals surface area (Å²) in [6.45, 7) is 6.79. The van der Waals surface area contributed by atoms with Gasteiger partial charge >= 0.3 is 0 Å². The van der Waals surface area contributed by atoms with E-state index in [0.29, 0.717) is 12.6 Å². The number of nitrogens with one attached hydrogen (secondary N) is 1. The van der Waals surface area contributed by atoms with Gasteiger partial charge in [0.15, 0.2) is 0 Å². The number of rotatable bonds is 6. The molecule has 0 saturated heterocycles. The fourth-order valence-corrected chi connectivity index (χ4v) is 1.51. The molecule has 0 spiro atoms. The summed E-state index contributed by atoms with van der Waals surface area (Å²) < 4.78 is 13.1. The smallest absolute Gasteiger partial charge is 0.140 e. The number of benzene rings is 1. The molecule has 0 heterocycles. The van der Waals surface area contributed by atoms with Crippen LogP contribution in [-0.4, -0.2) is 31.1 Å². The van der Waals surface area contributed by atoms with Gasteiger partial charge < -0.3 is 10.2 Å². The number of likely N-dealkylation sites (N-methyl/N-ethyl adjacent to an activating group) is 1. The van der Waals surface area contributed by atoms with E-state index in [0.717, 1.165) is 18.7 Å². The Bertz CT molecular complexity index is 424. The van der Waals surface area contributed by atoms with Gasteiger partial charge in [-0.05, 0) is 38.6 Å². The number of hydrogen-bond donors (Lipinski definition) is 1. The van der Waals surface area contributed by atoms with Crippen LogP contribution in [0.15, 0.2) is 18.2 Å². The van der Waals surface area contributed by atoms with Gasteiger partial charge in [-0.1, -0.05) is 6.07 Å². The normalized spacial score (nSPS) is 10.9. The van der Waals surface area contributed by atoms with E-state index in [1.54, 1.807) is 12.1 Å². The Kier molecular flexibility index (Phi) is 5.76. The summed E-state index contributed by atoms with van der Waals surface area (Å²) >= 11 is 0.